The minimum atomic E-state index is 0.190. The number of hydrogen-bond acceptors (Lipinski definition) is 3. The van der Waals surface area contributed by atoms with E-state index in [9.17, 15) is 0 Å². The molecule has 0 saturated carbocycles. The van der Waals surface area contributed by atoms with Crippen LogP contribution in [0.1, 0.15) is 23.3 Å². The van der Waals surface area contributed by atoms with Crippen LogP contribution in [0, 0.1) is 0 Å². The van der Waals surface area contributed by atoms with E-state index < -0.39 is 0 Å². The molecular weight excluding hydrogens is 188 g/mol. The highest BCUT2D eigenvalue weighted by atomic mass is 16.6. The number of nitrogens with zero attached hydrogens (tertiary/aromatic N) is 2. The highest BCUT2D eigenvalue weighted by Crippen LogP contribution is 2.50. The molecule has 2 atom stereocenters. The van der Waals surface area contributed by atoms with E-state index in [2.05, 4.69) is 9.97 Å². The number of hydrogen-bond donors (Lipinski definition) is 0. The molecule has 0 bridgehead atoms. The molecular formula is C12H10N2O. The Bertz CT molecular complexity index is 400. The maximum absolute atomic E-state index is 5.63. The second-order valence-corrected chi connectivity index (χ2v) is 3.54. The largest absolute Gasteiger partial charge is 0.359 e. The number of epoxide rings is 1. The molecule has 0 radical (unpaired) electrons. The van der Waals surface area contributed by atoms with Crippen LogP contribution in [0.15, 0.2) is 49.1 Å². The van der Waals surface area contributed by atoms with Crippen molar-refractivity contribution in [3.05, 3.63) is 60.2 Å². The van der Waals surface area contributed by atoms with Gasteiger partial charge in [0.05, 0.1) is 0 Å². The van der Waals surface area contributed by atoms with Crippen LogP contribution >= 0.6 is 0 Å². The smallest absolute Gasteiger partial charge is 0.114 e. The molecule has 1 aliphatic rings. The fourth-order valence-electron chi connectivity index (χ4n) is 1.73. The van der Waals surface area contributed by atoms with Crippen molar-refractivity contribution in [3.63, 3.8) is 0 Å². The molecule has 1 fully saturated rings. The van der Waals surface area contributed by atoms with E-state index in [0.29, 0.717) is 0 Å². The average molecular weight is 198 g/mol. The monoisotopic (exact) mass is 198 g/mol. The van der Waals surface area contributed by atoms with Crippen LogP contribution in [0.2, 0.25) is 0 Å². The molecule has 3 heterocycles. The summed E-state index contributed by atoms with van der Waals surface area (Å²) >= 11 is 0. The summed E-state index contributed by atoms with van der Waals surface area (Å²) in [5.41, 5.74) is 2.37. The first kappa shape index (κ1) is 8.56. The lowest BCUT2D eigenvalue weighted by atomic mass is 10.1. The lowest BCUT2D eigenvalue weighted by Gasteiger charge is -1.95. The Labute approximate surface area is 87.8 Å². The lowest BCUT2D eigenvalue weighted by molar-refractivity contribution is 0.377. The third kappa shape index (κ3) is 1.62. The summed E-state index contributed by atoms with van der Waals surface area (Å²) in [5.74, 6) is 0. The van der Waals surface area contributed by atoms with Gasteiger partial charge in [-0.15, -0.1) is 0 Å². The third-order valence-corrected chi connectivity index (χ3v) is 2.56. The summed E-state index contributed by atoms with van der Waals surface area (Å²) in [5, 5.41) is 0. The second kappa shape index (κ2) is 3.44. The molecule has 1 aliphatic heterocycles. The van der Waals surface area contributed by atoms with Gasteiger partial charge in [0.2, 0.25) is 0 Å². The average Bonchev–Trinajstić information content (AvgIpc) is 3.11. The molecule has 3 rings (SSSR count). The van der Waals surface area contributed by atoms with E-state index in [1.807, 2.05) is 24.3 Å². The highest BCUT2D eigenvalue weighted by molar-refractivity contribution is 5.27. The number of ether oxygens (including phenoxy) is 1. The van der Waals surface area contributed by atoms with Gasteiger partial charge in [-0.25, -0.2) is 0 Å². The van der Waals surface area contributed by atoms with E-state index in [4.69, 9.17) is 4.74 Å². The van der Waals surface area contributed by atoms with Crippen LogP contribution in [0.3, 0.4) is 0 Å². The maximum atomic E-state index is 5.63. The van der Waals surface area contributed by atoms with E-state index in [1.54, 1.807) is 24.8 Å². The summed E-state index contributed by atoms with van der Waals surface area (Å²) in [4.78, 5) is 7.98. The van der Waals surface area contributed by atoms with E-state index in [1.165, 1.54) is 11.1 Å². The Morgan fingerprint density at radius 1 is 0.733 bits per heavy atom. The summed E-state index contributed by atoms with van der Waals surface area (Å²) in [6, 6.07) is 7.97. The Balaban J connectivity index is 1.81. The lowest BCUT2D eigenvalue weighted by Crippen LogP contribution is -1.84. The van der Waals surface area contributed by atoms with Gasteiger partial charge in [-0.3, -0.25) is 9.97 Å². The van der Waals surface area contributed by atoms with Gasteiger partial charge in [-0.1, -0.05) is 0 Å². The Morgan fingerprint density at radius 3 is 1.53 bits per heavy atom. The predicted octanol–water partition coefficient (Wildman–Crippen LogP) is 2.29. The Hall–Kier alpha value is -1.74. The van der Waals surface area contributed by atoms with Gasteiger partial charge in [0.1, 0.15) is 12.2 Å². The minimum absolute atomic E-state index is 0.190. The van der Waals surface area contributed by atoms with Crippen molar-refractivity contribution in [1.82, 2.24) is 9.97 Å². The first-order chi connectivity index (χ1) is 7.45. The molecule has 2 aromatic rings. The van der Waals surface area contributed by atoms with Crippen LogP contribution in [0.25, 0.3) is 0 Å². The van der Waals surface area contributed by atoms with Crippen molar-refractivity contribution >= 4 is 0 Å². The second-order valence-electron chi connectivity index (χ2n) is 3.54. The van der Waals surface area contributed by atoms with Crippen molar-refractivity contribution in [2.45, 2.75) is 12.2 Å². The summed E-state index contributed by atoms with van der Waals surface area (Å²) in [6.07, 6.45) is 7.55. The standard InChI is InChI=1S/C12H10N2O/c1-5-13-6-2-9(1)11-12(15-11)10-3-7-14-8-4-10/h1-8,11-12H. The van der Waals surface area contributed by atoms with Gasteiger partial charge in [0, 0.05) is 24.8 Å². The van der Waals surface area contributed by atoms with Crippen LogP contribution < -0.4 is 0 Å². The third-order valence-electron chi connectivity index (χ3n) is 2.56. The molecule has 1 saturated heterocycles. The van der Waals surface area contributed by atoms with Gasteiger partial charge >= 0.3 is 0 Å². The fourth-order valence-corrected chi connectivity index (χ4v) is 1.73. The quantitative estimate of drug-likeness (QED) is 0.695. The molecule has 2 unspecified atom stereocenters. The molecule has 0 aliphatic carbocycles. The number of pyridine rings is 2. The molecule has 2 aromatic heterocycles. The zero-order valence-corrected chi connectivity index (χ0v) is 8.08. The summed E-state index contributed by atoms with van der Waals surface area (Å²) < 4.78 is 5.63. The topological polar surface area (TPSA) is 38.3 Å². The molecule has 74 valence electrons. The molecule has 3 nitrogen and oxygen atoms in total. The molecule has 15 heavy (non-hydrogen) atoms. The van der Waals surface area contributed by atoms with Crippen LogP contribution in [-0.2, 0) is 4.74 Å². The first-order valence-corrected chi connectivity index (χ1v) is 4.90. The van der Waals surface area contributed by atoms with Crippen molar-refractivity contribution in [1.29, 1.82) is 0 Å². The molecule has 0 aromatic carbocycles. The van der Waals surface area contributed by atoms with E-state index in [0.717, 1.165) is 0 Å². The maximum Gasteiger partial charge on any atom is 0.114 e. The summed E-state index contributed by atoms with van der Waals surface area (Å²) in [7, 11) is 0. The zero-order chi connectivity index (χ0) is 10.1. The molecule has 0 spiro atoms. The van der Waals surface area contributed by atoms with Gasteiger partial charge in [0.25, 0.3) is 0 Å². The van der Waals surface area contributed by atoms with Gasteiger partial charge in [-0.2, -0.15) is 0 Å². The van der Waals surface area contributed by atoms with Crippen molar-refractivity contribution in [2.24, 2.45) is 0 Å². The van der Waals surface area contributed by atoms with Crippen molar-refractivity contribution < 1.29 is 4.74 Å². The van der Waals surface area contributed by atoms with Gasteiger partial charge < -0.3 is 4.74 Å². The van der Waals surface area contributed by atoms with Gasteiger partial charge in [-0.05, 0) is 35.4 Å². The SMILES string of the molecule is c1cc(C2OC2c2ccncc2)ccn1. The minimum Gasteiger partial charge on any atom is -0.359 e. The van der Waals surface area contributed by atoms with E-state index in [-0.39, 0.29) is 12.2 Å². The summed E-state index contributed by atoms with van der Waals surface area (Å²) in [6.45, 7) is 0. The highest BCUT2D eigenvalue weighted by Gasteiger charge is 2.41. The van der Waals surface area contributed by atoms with E-state index >= 15 is 0 Å². The van der Waals surface area contributed by atoms with Gasteiger partial charge in [0.15, 0.2) is 0 Å². The normalized spacial score (nSPS) is 23.7. The number of aromatic nitrogens is 2. The van der Waals surface area contributed by atoms with Crippen LogP contribution in [0.5, 0.6) is 0 Å². The van der Waals surface area contributed by atoms with Crippen molar-refractivity contribution in [3.8, 4) is 0 Å². The Morgan fingerprint density at radius 2 is 1.13 bits per heavy atom. The fraction of sp³-hybridized carbons (Fsp3) is 0.167. The number of rotatable bonds is 2. The molecule has 0 amide bonds. The van der Waals surface area contributed by atoms with Crippen LogP contribution in [-0.4, -0.2) is 9.97 Å². The van der Waals surface area contributed by atoms with Crippen molar-refractivity contribution in [2.75, 3.05) is 0 Å². The predicted molar refractivity (Wildman–Crippen MR) is 55.0 cm³/mol. The zero-order valence-electron chi connectivity index (χ0n) is 8.08. The molecule has 3 heteroatoms. The molecule has 0 N–H and O–H groups in total. The first-order valence-electron chi connectivity index (χ1n) is 4.90. The Kier molecular flexibility index (Phi) is 1.96. The van der Waals surface area contributed by atoms with Crippen LogP contribution in [0.4, 0.5) is 0 Å².